The second-order valence-corrected chi connectivity index (χ2v) is 8.44. The van der Waals surface area contributed by atoms with E-state index in [1.807, 2.05) is 13.2 Å². The van der Waals surface area contributed by atoms with Crippen molar-refractivity contribution in [1.82, 2.24) is 15.6 Å². The van der Waals surface area contributed by atoms with Gasteiger partial charge in [0.1, 0.15) is 5.76 Å². The van der Waals surface area contributed by atoms with Crippen molar-refractivity contribution in [1.29, 1.82) is 0 Å². The Bertz CT molecular complexity index is 572. The summed E-state index contributed by atoms with van der Waals surface area (Å²) in [6.45, 7) is 7.93. The molecule has 3 rings (SSSR count). The van der Waals surface area contributed by atoms with Gasteiger partial charge in [0.25, 0.3) is 0 Å². The van der Waals surface area contributed by atoms with Crippen molar-refractivity contribution < 1.29 is 4.42 Å². The molecule has 5 heteroatoms. The summed E-state index contributed by atoms with van der Waals surface area (Å²) < 4.78 is 5.81. The van der Waals surface area contributed by atoms with Crippen molar-refractivity contribution in [2.45, 2.75) is 64.8 Å². The van der Waals surface area contributed by atoms with Crippen LogP contribution in [0.5, 0.6) is 0 Å². The Morgan fingerprint density at radius 3 is 2.71 bits per heavy atom. The number of nitrogens with zero attached hydrogens (tertiary/aromatic N) is 2. The molecule has 0 saturated heterocycles. The Kier molecular flexibility index (Phi) is 5.16. The van der Waals surface area contributed by atoms with Gasteiger partial charge in [0.2, 0.25) is 5.89 Å². The van der Waals surface area contributed by atoms with E-state index in [4.69, 9.17) is 4.42 Å². The molecule has 0 aromatic carbocycles. The molecule has 1 aromatic heterocycles. The fourth-order valence-corrected chi connectivity index (χ4v) is 4.22. The summed E-state index contributed by atoms with van der Waals surface area (Å²) in [5, 5.41) is 6.73. The highest BCUT2D eigenvalue weighted by atomic mass is 16.4. The maximum Gasteiger partial charge on any atom is 0.213 e. The Balaban J connectivity index is 1.40. The van der Waals surface area contributed by atoms with E-state index in [-0.39, 0.29) is 5.41 Å². The normalized spacial score (nSPS) is 26.8. The minimum atomic E-state index is -0.00809. The number of hydrogen-bond acceptors (Lipinski definition) is 3. The van der Waals surface area contributed by atoms with Crippen molar-refractivity contribution in [2.24, 2.45) is 22.7 Å². The Morgan fingerprint density at radius 1 is 1.29 bits per heavy atom. The highest BCUT2D eigenvalue weighted by Gasteiger charge is 2.38. The van der Waals surface area contributed by atoms with Gasteiger partial charge in [0.05, 0.1) is 12.7 Å². The van der Waals surface area contributed by atoms with Gasteiger partial charge < -0.3 is 15.1 Å². The lowest BCUT2D eigenvalue weighted by Gasteiger charge is -2.22. The number of fused-ring (bicyclic) bond motifs is 2. The van der Waals surface area contributed by atoms with Gasteiger partial charge in [-0.15, -0.1) is 0 Å². The van der Waals surface area contributed by atoms with Crippen LogP contribution in [-0.4, -0.2) is 24.5 Å². The fraction of sp³-hybridized carbons (Fsp3) is 0.789. The number of aromatic nitrogens is 1. The summed E-state index contributed by atoms with van der Waals surface area (Å²) in [5.41, 5.74) is -0.00809. The molecule has 2 aliphatic rings. The summed E-state index contributed by atoms with van der Waals surface area (Å²) in [7, 11) is 1.81. The zero-order valence-electron chi connectivity index (χ0n) is 15.6. The lowest BCUT2D eigenvalue weighted by molar-refractivity contribution is 0.315. The topological polar surface area (TPSA) is 62.5 Å². The summed E-state index contributed by atoms with van der Waals surface area (Å²) in [6, 6.07) is 0. The highest BCUT2D eigenvalue weighted by molar-refractivity contribution is 5.79. The second-order valence-electron chi connectivity index (χ2n) is 8.44. The lowest BCUT2D eigenvalue weighted by Crippen LogP contribution is -2.38. The predicted molar refractivity (Wildman–Crippen MR) is 97.0 cm³/mol. The van der Waals surface area contributed by atoms with Gasteiger partial charge in [-0.2, -0.15) is 0 Å². The van der Waals surface area contributed by atoms with Gasteiger partial charge in [-0.1, -0.05) is 27.2 Å². The number of rotatable bonds is 5. The zero-order chi connectivity index (χ0) is 17.2. The van der Waals surface area contributed by atoms with E-state index in [0.717, 1.165) is 36.0 Å². The molecular formula is C19H32N4O. The molecule has 3 unspecified atom stereocenters. The molecule has 0 amide bonds. The maximum absolute atomic E-state index is 5.81. The van der Waals surface area contributed by atoms with Gasteiger partial charge in [0.15, 0.2) is 5.96 Å². The second kappa shape index (κ2) is 7.16. The van der Waals surface area contributed by atoms with Crippen LogP contribution in [0.2, 0.25) is 0 Å². The highest BCUT2D eigenvalue weighted by Crippen LogP contribution is 2.49. The first kappa shape index (κ1) is 17.3. The summed E-state index contributed by atoms with van der Waals surface area (Å²) in [6.07, 6.45) is 8.95. The Labute approximate surface area is 145 Å². The summed E-state index contributed by atoms with van der Waals surface area (Å²) >= 11 is 0. The first-order valence-corrected chi connectivity index (χ1v) is 9.35. The summed E-state index contributed by atoms with van der Waals surface area (Å²) in [4.78, 5) is 8.64. The molecule has 2 N–H and O–H groups in total. The van der Waals surface area contributed by atoms with E-state index in [1.54, 1.807) is 0 Å². The van der Waals surface area contributed by atoms with Gasteiger partial charge in [-0.3, -0.25) is 4.99 Å². The monoisotopic (exact) mass is 332 g/mol. The van der Waals surface area contributed by atoms with Crippen LogP contribution >= 0.6 is 0 Å². The Hall–Kier alpha value is -1.52. The first-order chi connectivity index (χ1) is 11.5. The van der Waals surface area contributed by atoms with Crippen LogP contribution in [0.25, 0.3) is 0 Å². The molecule has 0 spiro atoms. The van der Waals surface area contributed by atoms with E-state index >= 15 is 0 Å². The van der Waals surface area contributed by atoms with Crippen molar-refractivity contribution in [3.63, 3.8) is 0 Å². The molecule has 2 fully saturated rings. The van der Waals surface area contributed by atoms with Gasteiger partial charge in [-0.05, 0) is 43.4 Å². The smallest absolute Gasteiger partial charge is 0.213 e. The van der Waals surface area contributed by atoms with Crippen LogP contribution in [0, 0.1) is 17.8 Å². The van der Waals surface area contributed by atoms with Crippen LogP contribution < -0.4 is 10.6 Å². The van der Waals surface area contributed by atoms with Crippen molar-refractivity contribution in [3.05, 3.63) is 17.8 Å². The van der Waals surface area contributed by atoms with Crippen molar-refractivity contribution >= 4 is 5.96 Å². The molecule has 3 atom stereocenters. The molecule has 2 aliphatic carbocycles. The maximum atomic E-state index is 5.81. The van der Waals surface area contributed by atoms with E-state index in [1.165, 1.54) is 32.1 Å². The lowest BCUT2D eigenvalue weighted by atomic mass is 9.86. The van der Waals surface area contributed by atoms with Crippen LogP contribution in [0.3, 0.4) is 0 Å². The third kappa shape index (κ3) is 4.11. The van der Waals surface area contributed by atoms with Crippen LogP contribution in [0.1, 0.15) is 64.5 Å². The van der Waals surface area contributed by atoms with E-state index in [9.17, 15) is 0 Å². The zero-order valence-corrected chi connectivity index (χ0v) is 15.6. The molecule has 1 heterocycles. The van der Waals surface area contributed by atoms with Crippen LogP contribution in [-0.2, 0) is 12.0 Å². The number of guanidine groups is 1. The molecule has 24 heavy (non-hydrogen) atoms. The van der Waals surface area contributed by atoms with Gasteiger partial charge in [0, 0.05) is 19.0 Å². The number of oxazole rings is 1. The van der Waals surface area contributed by atoms with E-state index in [2.05, 4.69) is 41.4 Å². The largest absolute Gasteiger partial charge is 0.443 e. The summed E-state index contributed by atoms with van der Waals surface area (Å²) in [5.74, 6) is 5.40. The minimum absolute atomic E-state index is 0.00809. The van der Waals surface area contributed by atoms with E-state index < -0.39 is 0 Å². The number of nitrogens with one attached hydrogen (secondary N) is 2. The van der Waals surface area contributed by atoms with Crippen molar-refractivity contribution in [3.8, 4) is 0 Å². The Morgan fingerprint density at radius 2 is 2.12 bits per heavy atom. The fourth-order valence-electron chi connectivity index (χ4n) is 4.22. The molecule has 0 radical (unpaired) electrons. The molecule has 134 valence electrons. The average molecular weight is 332 g/mol. The number of aliphatic imine (C=N–C) groups is 1. The van der Waals surface area contributed by atoms with Crippen LogP contribution in [0.15, 0.2) is 15.6 Å². The molecule has 1 aromatic rings. The average Bonchev–Trinajstić information content (AvgIpc) is 3.25. The molecular weight excluding hydrogens is 300 g/mol. The van der Waals surface area contributed by atoms with Gasteiger partial charge in [-0.25, -0.2) is 4.98 Å². The molecule has 5 nitrogen and oxygen atoms in total. The third-order valence-corrected chi connectivity index (χ3v) is 5.62. The minimum Gasteiger partial charge on any atom is -0.443 e. The van der Waals surface area contributed by atoms with Crippen LogP contribution in [0.4, 0.5) is 0 Å². The third-order valence-electron chi connectivity index (χ3n) is 5.62. The molecule has 2 saturated carbocycles. The van der Waals surface area contributed by atoms with Crippen molar-refractivity contribution in [2.75, 3.05) is 13.6 Å². The first-order valence-electron chi connectivity index (χ1n) is 9.35. The van der Waals surface area contributed by atoms with Gasteiger partial charge >= 0.3 is 0 Å². The standard InChI is InChI=1S/C19H32N4O/c1-19(2,3)16-11-22-17(24-16)12-23-18(20-4)21-8-7-15-10-13-5-6-14(15)9-13/h11,13-15H,5-10,12H2,1-4H3,(H2,20,21,23). The molecule has 2 bridgehead atoms. The number of hydrogen-bond donors (Lipinski definition) is 2. The molecule has 0 aliphatic heterocycles. The SMILES string of the molecule is CN=C(NCCC1CC2CCC1C2)NCc1ncc(C(C)(C)C)o1. The quantitative estimate of drug-likeness (QED) is 0.640. The van der Waals surface area contributed by atoms with E-state index in [0.29, 0.717) is 12.4 Å². The predicted octanol–water partition coefficient (Wildman–Crippen LogP) is 3.46.